The van der Waals surface area contributed by atoms with E-state index in [2.05, 4.69) is 5.32 Å². The second-order valence-electron chi connectivity index (χ2n) is 5.91. The third-order valence-corrected chi connectivity index (χ3v) is 4.55. The van der Waals surface area contributed by atoms with E-state index in [-0.39, 0.29) is 12.1 Å². The highest BCUT2D eigenvalue weighted by atomic mass is 35.5. The molecule has 0 radical (unpaired) electrons. The summed E-state index contributed by atoms with van der Waals surface area (Å²) in [6.07, 6.45) is 4.34. The molecule has 1 saturated heterocycles. The van der Waals surface area contributed by atoms with Crippen LogP contribution in [0, 0.1) is 0 Å². The summed E-state index contributed by atoms with van der Waals surface area (Å²) in [7, 11) is 0. The lowest BCUT2D eigenvalue weighted by molar-refractivity contribution is 0.189. The van der Waals surface area contributed by atoms with E-state index in [9.17, 15) is 4.79 Å². The van der Waals surface area contributed by atoms with Crippen LogP contribution in [0.3, 0.4) is 0 Å². The van der Waals surface area contributed by atoms with Crippen LogP contribution in [0.4, 0.5) is 10.5 Å². The Hall–Kier alpha value is -2.00. The van der Waals surface area contributed by atoms with Gasteiger partial charge < -0.3 is 10.2 Å². The van der Waals surface area contributed by atoms with Crippen molar-refractivity contribution in [3.8, 4) is 0 Å². The Labute approximate surface area is 142 Å². The topological polar surface area (TPSA) is 32.3 Å². The Bertz CT molecular complexity index is 642. The number of benzene rings is 2. The maximum Gasteiger partial charge on any atom is 0.322 e. The van der Waals surface area contributed by atoms with Gasteiger partial charge in [0.05, 0.1) is 6.04 Å². The monoisotopic (exact) mass is 328 g/mol. The van der Waals surface area contributed by atoms with Gasteiger partial charge in [0.15, 0.2) is 0 Å². The molecule has 1 unspecified atom stereocenters. The molecule has 0 bridgehead atoms. The summed E-state index contributed by atoms with van der Waals surface area (Å²) >= 11 is 6.00. The van der Waals surface area contributed by atoms with Crippen LogP contribution in [0.25, 0.3) is 0 Å². The van der Waals surface area contributed by atoms with E-state index in [4.69, 9.17) is 11.6 Å². The van der Waals surface area contributed by atoms with Gasteiger partial charge in [-0.15, -0.1) is 0 Å². The third-order valence-electron chi connectivity index (χ3n) is 4.29. The molecule has 120 valence electrons. The van der Waals surface area contributed by atoms with Crippen molar-refractivity contribution in [3.63, 3.8) is 0 Å². The Morgan fingerprint density at radius 1 is 1.00 bits per heavy atom. The van der Waals surface area contributed by atoms with Crippen LogP contribution in [0.5, 0.6) is 0 Å². The number of carbonyl (C=O) groups excluding carboxylic acids is 1. The maximum absolute atomic E-state index is 12.8. The zero-order valence-corrected chi connectivity index (χ0v) is 13.8. The van der Waals surface area contributed by atoms with Crippen molar-refractivity contribution in [1.82, 2.24) is 4.90 Å². The van der Waals surface area contributed by atoms with E-state index < -0.39 is 0 Å². The molecule has 1 aliphatic rings. The van der Waals surface area contributed by atoms with Crippen molar-refractivity contribution in [2.75, 3.05) is 11.9 Å². The van der Waals surface area contributed by atoms with Crippen molar-refractivity contribution in [3.05, 3.63) is 65.2 Å². The third kappa shape index (κ3) is 4.05. The molecule has 1 heterocycles. The van der Waals surface area contributed by atoms with Gasteiger partial charge in [-0.05, 0) is 42.7 Å². The first-order valence-electron chi connectivity index (χ1n) is 8.12. The molecule has 1 N–H and O–H groups in total. The number of nitrogens with one attached hydrogen (secondary N) is 1. The van der Waals surface area contributed by atoms with Gasteiger partial charge in [0.1, 0.15) is 0 Å². The minimum atomic E-state index is -0.0296. The van der Waals surface area contributed by atoms with E-state index >= 15 is 0 Å². The fourth-order valence-corrected chi connectivity index (χ4v) is 3.23. The van der Waals surface area contributed by atoms with Gasteiger partial charge in [-0.2, -0.15) is 0 Å². The average Bonchev–Trinajstić information content (AvgIpc) is 2.82. The maximum atomic E-state index is 12.8. The van der Waals surface area contributed by atoms with Crippen molar-refractivity contribution in [1.29, 1.82) is 0 Å². The molecule has 1 aliphatic heterocycles. The first-order chi connectivity index (χ1) is 11.2. The summed E-state index contributed by atoms with van der Waals surface area (Å²) in [4.78, 5) is 14.7. The van der Waals surface area contributed by atoms with E-state index in [1.807, 2.05) is 59.5 Å². The number of anilines is 1. The molecule has 23 heavy (non-hydrogen) atoms. The van der Waals surface area contributed by atoms with Gasteiger partial charge in [0, 0.05) is 17.3 Å². The molecule has 2 amide bonds. The highest BCUT2D eigenvalue weighted by molar-refractivity contribution is 6.30. The predicted molar refractivity (Wildman–Crippen MR) is 94.8 cm³/mol. The second-order valence-corrected chi connectivity index (χ2v) is 6.34. The number of hydrogen-bond donors (Lipinski definition) is 1. The summed E-state index contributed by atoms with van der Waals surface area (Å²) in [6, 6.07) is 17.5. The molecule has 3 rings (SSSR count). The number of amides is 2. The Balaban J connectivity index is 1.80. The number of likely N-dealkylation sites (tertiary alicyclic amines) is 1. The summed E-state index contributed by atoms with van der Waals surface area (Å²) < 4.78 is 0. The van der Waals surface area contributed by atoms with Gasteiger partial charge in [-0.25, -0.2) is 4.79 Å². The van der Waals surface area contributed by atoms with Gasteiger partial charge in [-0.1, -0.05) is 54.8 Å². The zero-order chi connectivity index (χ0) is 16.1. The molecule has 0 spiro atoms. The summed E-state index contributed by atoms with van der Waals surface area (Å²) in [5.74, 6) is 0. The standard InChI is InChI=1S/C19H21ClN2O/c20-16-12-10-15(11-13-16)18-9-5-2-6-14-22(18)19(23)21-17-7-3-1-4-8-17/h1,3-4,7-8,10-13,18H,2,5-6,9,14H2,(H,21,23). The fraction of sp³-hybridized carbons (Fsp3) is 0.316. The molecule has 0 saturated carbocycles. The molecule has 4 heteroatoms. The number of nitrogens with zero attached hydrogens (tertiary/aromatic N) is 1. The van der Waals surface area contributed by atoms with E-state index in [1.165, 1.54) is 6.42 Å². The highest BCUT2D eigenvalue weighted by Crippen LogP contribution is 2.31. The molecular weight excluding hydrogens is 308 g/mol. The van der Waals surface area contributed by atoms with Gasteiger partial charge in [0.25, 0.3) is 0 Å². The first kappa shape index (κ1) is 15.9. The SMILES string of the molecule is O=C(Nc1ccccc1)N1CCCCCC1c1ccc(Cl)cc1. The largest absolute Gasteiger partial charge is 0.322 e. The first-order valence-corrected chi connectivity index (χ1v) is 8.50. The molecule has 2 aromatic rings. The Morgan fingerprint density at radius 3 is 2.48 bits per heavy atom. The summed E-state index contributed by atoms with van der Waals surface area (Å²) in [6.45, 7) is 0.784. The van der Waals surface area contributed by atoms with Crippen LogP contribution in [0.1, 0.15) is 37.3 Å². The van der Waals surface area contributed by atoms with E-state index in [0.29, 0.717) is 0 Å². The van der Waals surface area contributed by atoms with E-state index in [1.54, 1.807) is 0 Å². The van der Waals surface area contributed by atoms with Crippen LogP contribution in [-0.4, -0.2) is 17.5 Å². The number of halogens is 1. The van der Waals surface area contributed by atoms with Crippen molar-refractivity contribution < 1.29 is 4.79 Å². The van der Waals surface area contributed by atoms with Crippen LogP contribution in [-0.2, 0) is 0 Å². The van der Waals surface area contributed by atoms with Crippen molar-refractivity contribution in [2.24, 2.45) is 0 Å². The van der Waals surface area contributed by atoms with Gasteiger partial charge in [-0.3, -0.25) is 0 Å². The van der Waals surface area contributed by atoms with Gasteiger partial charge >= 0.3 is 6.03 Å². The minimum Gasteiger partial charge on any atom is -0.317 e. The predicted octanol–water partition coefficient (Wildman–Crippen LogP) is 5.49. The lowest BCUT2D eigenvalue weighted by Gasteiger charge is -2.30. The number of urea groups is 1. The number of rotatable bonds is 2. The average molecular weight is 329 g/mol. The van der Waals surface area contributed by atoms with Crippen LogP contribution in [0.2, 0.25) is 5.02 Å². The number of hydrogen-bond acceptors (Lipinski definition) is 1. The molecular formula is C19H21ClN2O. The Morgan fingerprint density at radius 2 is 1.74 bits per heavy atom. The molecule has 3 nitrogen and oxygen atoms in total. The summed E-state index contributed by atoms with van der Waals surface area (Å²) in [5, 5.41) is 3.74. The molecule has 0 aromatic heterocycles. The van der Waals surface area contributed by atoms with Crippen LogP contribution < -0.4 is 5.32 Å². The van der Waals surface area contributed by atoms with Gasteiger partial charge in [0.2, 0.25) is 0 Å². The summed E-state index contributed by atoms with van der Waals surface area (Å²) in [5.41, 5.74) is 1.98. The second kappa shape index (κ2) is 7.51. The molecule has 2 aromatic carbocycles. The lowest BCUT2D eigenvalue weighted by atomic mass is 10.0. The van der Waals surface area contributed by atoms with Crippen molar-refractivity contribution >= 4 is 23.3 Å². The van der Waals surface area contributed by atoms with E-state index in [0.717, 1.165) is 42.1 Å². The zero-order valence-electron chi connectivity index (χ0n) is 13.0. The normalized spacial score (nSPS) is 18.3. The molecule has 1 fully saturated rings. The molecule has 0 aliphatic carbocycles. The van der Waals surface area contributed by atoms with Crippen molar-refractivity contribution in [2.45, 2.75) is 31.7 Å². The quantitative estimate of drug-likeness (QED) is 0.776. The molecule has 1 atom stereocenters. The number of para-hydroxylation sites is 1. The fourth-order valence-electron chi connectivity index (χ4n) is 3.10. The lowest BCUT2D eigenvalue weighted by Crippen LogP contribution is -2.38. The van der Waals surface area contributed by atoms with Crippen LogP contribution in [0.15, 0.2) is 54.6 Å². The number of carbonyl (C=O) groups is 1. The smallest absolute Gasteiger partial charge is 0.317 e. The Kier molecular flexibility index (Phi) is 5.19. The minimum absolute atomic E-state index is 0.0296. The highest BCUT2D eigenvalue weighted by Gasteiger charge is 2.26. The van der Waals surface area contributed by atoms with Crippen LogP contribution >= 0.6 is 11.6 Å².